The second-order valence-corrected chi connectivity index (χ2v) is 0. The Kier molecular flexibility index (Phi) is 1500. The summed E-state index contributed by atoms with van der Waals surface area (Å²) >= 11 is 0. The fraction of sp³-hybridized carbons (Fsp3) is 0. The Morgan fingerprint density at radius 3 is 0.667 bits per heavy atom. The van der Waals surface area contributed by atoms with Crippen LogP contribution in [0.5, 0.6) is 0 Å². The average Bonchev–Trinajstić information content (AvgIpc) is 0. The van der Waals surface area contributed by atoms with Crippen LogP contribution in [0.2, 0.25) is 0 Å². The predicted molar refractivity (Wildman–Crippen MR) is 29.7 cm³/mol. The molecule has 4 nitrogen and oxygen atoms in total. The van der Waals surface area contributed by atoms with Crippen LogP contribution in [0.3, 0.4) is 0 Å². The van der Waals surface area contributed by atoms with Crippen molar-refractivity contribution in [3.63, 3.8) is 0 Å². The van der Waals surface area contributed by atoms with Gasteiger partial charge in [-0.15, -0.1) is 12.4 Å². The Balaban J connectivity index is 0. The molecule has 0 amide bonds. The van der Waals surface area contributed by atoms with Crippen LogP contribution in [0.15, 0.2) is 0 Å². The Morgan fingerprint density at radius 1 is 0.667 bits per heavy atom. The first-order chi connectivity index (χ1) is 0. The van der Waals surface area contributed by atoms with E-state index in [-0.39, 0.29) is 86.0 Å². The molecule has 0 aliphatic heterocycles. The van der Waals surface area contributed by atoms with E-state index in [9.17, 15) is 0 Å². The van der Waals surface area contributed by atoms with E-state index in [1.165, 1.54) is 0 Å². The molecule has 0 heterocycles. The zero-order valence-electron chi connectivity index (χ0n) is 5.12. The molecule has 44 valence electrons. The van der Waals surface area contributed by atoms with Gasteiger partial charge in [0.05, 0.1) is 0 Å². The van der Waals surface area contributed by atoms with Gasteiger partial charge < -0.3 is 24.8 Å². The maximum absolute atomic E-state index is 0. The van der Waals surface area contributed by atoms with E-state index in [0.717, 1.165) is 0 Å². The molecule has 0 bridgehead atoms. The van der Waals surface area contributed by atoms with E-state index >= 15 is 0 Å². The second kappa shape index (κ2) is 75.3. The van der Waals surface area contributed by atoms with Crippen LogP contribution in [0.1, 0.15) is 2.85 Å². The third-order valence-electron chi connectivity index (χ3n) is 0. The molecule has 0 aromatic rings. The van der Waals surface area contributed by atoms with Gasteiger partial charge in [-0.1, -0.05) is 0 Å². The zero-order chi connectivity index (χ0) is 0. The van der Waals surface area contributed by atoms with Crippen LogP contribution in [0, 0.1) is 0 Å². The molecule has 0 fully saturated rings. The topological polar surface area (TPSA) is 126 Å². The van der Waals surface area contributed by atoms with E-state index in [2.05, 4.69) is 0 Å². The van der Waals surface area contributed by atoms with Gasteiger partial charge in [-0.2, -0.15) is 0 Å². The minimum Gasteiger partial charge on any atom is -1.00 e. The van der Waals surface area contributed by atoms with Crippen molar-refractivity contribution in [2.75, 3.05) is 0 Å². The maximum atomic E-state index is 0. The van der Waals surface area contributed by atoms with Gasteiger partial charge in [0.2, 0.25) is 0 Å². The molecular weight excluding hydrogens is 237 g/mol. The third-order valence-corrected chi connectivity index (χ3v) is 0. The van der Waals surface area contributed by atoms with Crippen molar-refractivity contribution in [2.45, 2.75) is 0 Å². The Morgan fingerprint density at radius 2 is 0.667 bits per heavy atom. The number of halogens is 1. The quantitative estimate of drug-likeness (QED) is 0.404. The van der Waals surface area contributed by atoms with Gasteiger partial charge in [0, 0.05) is 0 Å². The standard InChI is InChI=1S/Ba.ClH.4H2O.2H/h;1H;4*1H2;;/q+2;;;;;;2*-1. The molecule has 0 spiro atoms. The molecule has 6 heteroatoms. The van der Waals surface area contributed by atoms with Crippen molar-refractivity contribution in [3.8, 4) is 0 Å². The zero-order valence-corrected chi connectivity index (χ0v) is 8.37. The van der Waals surface area contributed by atoms with Crippen molar-refractivity contribution in [2.24, 2.45) is 0 Å². The van der Waals surface area contributed by atoms with Crippen molar-refractivity contribution < 1.29 is 24.8 Å². The molecule has 0 aliphatic rings. The average molecular weight is 248 g/mol. The Bertz CT molecular complexity index is 14.0. The molecule has 6 heavy (non-hydrogen) atoms. The molecule has 0 saturated carbocycles. The van der Waals surface area contributed by atoms with Gasteiger partial charge in [0.25, 0.3) is 0 Å². The van der Waals surface area contributed by atoms with Crippen molar-refractivity contribution >= 4 is 61.3 Å². The predicted octanol–water partition coefficient (Wildman–Crippen LogP) is -3.03. The second-order valence-electron chi connectivity index (χ2n) is 0. The fourth-order valence-corrected chi connectivity index (χ4v) is 0. The van der Waals surface area contributed by atoms with Crippen LogP contribution < -0.4 is 0 Å². The van der Waals surface area contributed by atoms with Crippen LogP contribution in [0.25, 0.3) is 0 Å². The summed E-state index contributed by atoms with van der Waals surface area (Å²) in [7, 11) is 0. The summed E-state index contributed by atoms with van der Waals surface area (Å²) in [6, 6.07) is 0. The largest absolute Gasteiger partial charge is 2.00 e. The molecular formula is H11BaClO4. The molecule has 0 aromatic heterocycles. The normalized spacial score (nSPS) is 0. The summed E-state index contributed by atoms with van der Waals surface area (Å²) in [4.78, 5) is 0. The van der Waals surface area contributed by atoms with Crippen LogP contribution in [-0.2, 0) is 0 Å². The van der Waals surface area contributed by atoms with Crippen LogP contribution in [-0.4, -0.2) is 70.8 Å². The van der Waals surface area contributed by atoms with Crippen LogP contribution in [0.4, 0.5) is 0 Å². The monoisotopic (exact) mass is 248 g/mol. The molecule has 0 unspecified atom stereocenters. The first kappa shape index (κ1) is 119. The van der Waals surface area contributed by atoms with Gasteiger partial charge in [0.15, 0.2) is 0 Å². The third kappa shape index (κ3) is 43.5. The first-order valence-electron chi connectivity index (χ1n) is 0. The molecule has 8 N–H and O–H groups in total. The fourth-order valence-electron chi connectivity index (χ4n) is 0. The Hall–Kier alpha value is 1.70. The summed E-state index contributed by atoms with van der Waals surface area (Å²) < 4.78 is 0. The van der Waals surface area contributed by atoms with Crippen molar-refractivity contribution in [1.29, 1.82) is 0 Å². The van der Waals surface area contributed by atoms with Crippen LogP contribution >= 0.6 is 12.4 Å². The Labute approximate surface area is 85.0 Å². The van der Waals surface area contributed by atoms with Crippen molar-refractivity contribution in [3.05, 3.63) is 0 Å². The number of rotatable bonds is 0. The minimum absolute atomic E-state index is 0. The SMILES string of the molecule is Cl.O.O.O.O.[Ba+2].[H-].[H-]. The van der Waals surface area contributed by atoms with Gasteiger partial charge in [-0.25, -0.2) is 0 Å². The first-order valence-corrected chi connectivity index (χ1v) is 0. The number of hydrogen-bond acceptors (Lipinski definition) is 0. The molecule has 0 aliphatic carbocycles. The molecule has 0 rings (SSSR count). The van der Waals surface area contributed by atoms with Gasteiger partial charge in [-0.3, -0.25) is 0 Å². The van der Waals surface area contributed by atoms with E-state index in [1.807, 2.05) is 0 Å². The summed E-state index contributed by atoms with van der Waals surface area (Å²) in [5.41, 5.74) is 0. The molecule has 0 atom stereocenters. The summed E-state index contributed by atoms with van der Waals surface area (Å²) in [5, 5.41) is 0. The number of hydrogen-bond donors (Lipinski definition) is 0. The van der Waals surface area contributed by atoms with E-state index in [4.69, 9.17) is 0 Å². The maximum Gasteiger partial charge on any atom is 2.00 e. The van der Waals surface area contributed by atoms with Gasteiger partial charge in [-0.05, 0) is 0 Å². The van der Waals surface area contributed by atoms with E-state index < -0.39 is 0 Å². The summed E-state index contributed by atoms with van der Waals surface area (Å²) in [6.45, 7) is 0. The summed E-state index contributed by atoms with van der Waals surface area (Å²) in [5.74, 6) is 0. The molecule has 0 aromatic carbocycles. The minimum atomic E-state index is 0. The molecule has 0 radical (unpaired) electrons. The van der Waals surface area contributed by atoms with E-state index in [1.54, 1.807) is 0 Å². The van der Waals surface area contributed by atoms with Gasteiger partial charge in [0.1, 0.15) is 0 Å². The molecule has 0 saturated heterocycles. The van der Waals surface area contributed by atoms with Gasteiger partial charge >= 0.3 is 48.9 Å². The smallest absolute Gasteiger partial charge is 1.00 e. The summed E-state index contributed by atoms with van der Waals surface area (Å²) in [6.07, 6.45) is 0. The van der Waals surface area contributed by atoms with Crippen molar-refractivity contribution in [1.82, 2.24) is 0 Å². The van der Waals surface area contributed by atoms with E-state index in [0.29, 0.717) is 0 Å².